The fraction of sp³-hybridized carbons (Fsp3) is 0.421. The predicted octanol–water partition coefficient (Wildman–Crippen LogP) is 3.94. The Morgan fingerprint density at radius 2 is 1.90 bits per heavy atom. The molecule has 1 N–H and O–H groups in total. The minimum absolute atomic E-state index is 0.0252. The van der Waals surface area contributed by atoms with Crippen molar-refractivity contribution in [3.05, 3.63) is 58.4 Å². The summed E-state index contributed by atoms with van der Waals surface area (Å²) in [5, 5.41) is 2.76. The summed E-state index contributed by atoms with van der Waals surface area (Å²) >= 11 is 5.71. The molecule has 0 unspecified atom stereocenters. The van der Waals surface area contributed by atoms with Crippen LogP contribution in [-0.4, -0.2) is 46.1 Å². The van der Waals surface area contributed by atoms with Gasteiger partial charge in [-0.1, -0.05) is 11.6 Å². The highest BCUT2D eigenvalue weighted by molar-refractivity contribution is 6.31. The molecule has 2 heterocycles. The summed E-state index contributed by atoms with van der Waals surface area (Å²) < 4.78 is 53.2. The number of hydrogen-bond acceptors (Lipinski definition) is 4. The zero-order valence-corrected chi connectivity index (χ0v) is 16.1. The van der Waals surface area contributed by atoms with Crippen molar-refractivity contribution in [1.82, 2.24) is 20.2 Å². The number of piperidine rings is 1. The zero-order valence-electron chi connectivity index (χ0n) is 15.3. The van der Waals surface area contributed by atoms with E-state index >= 15 is 0 Å². The lowest BCUT2D eigenvalue weighted by molar-refractivity contribution is 0.0434. The fourth-order valence-electron chi connectivity index (χ4n) is 3.07. The Bertz CT molecular complexity index is 858. The van der Waals surface area contributed by atoms with E-state index in [1.54, 1.807) is 0 Å². The van der Waals surface area contributed by atoms with Crippen LogP contribution < -0.4 is 5.32 Å². The molecule has 1 amide bonds. The molecule has 29 heavy (non-hydrogen) atoms. The zero-order chi connectivity index (χ0) is 21.0. The van der Waals surface area contributed by atoms with Gasteiger partial charge in [0.05, 0.1) is 17.1 Å². The molecule has 0 saturated carbocycles. The second kappa shape index (κ2) is 9.04. The van der Waals surface area contributed by atoms with Gasteiger partial charge in [-0.05, 0) is 18.2 Å². The Hall–Kier alpha value is -2.26. The topological polar surface area (TPSA) is 58.1 Å². The smallest absolute Gasteiger partial charge is 0.266 e. The van der Waals surface area contributed by atoms with Gasteiger partial charge < -0.3 is 10.2 Å². The van der Waals surface area contributed by atoms with Gasteiger partial charge in [-0.3, -0.25) is 4.79 Å². The van der Waals surface area contributed by atoms with Crippen molar-refractivity contribution in [3.63, 3.8) is 0 Å². The number of rotatable bonds is 6. The Kier molecular flexibility index (Phi) is 6.69. The fourth-order valence-corrected chi connectivity index (χ4v) is 3.25. The molecular weight excluding hydrogens is 412 g/mol. The van der Waals surface area contributed by atoms with Gasteiger partial charge in [0.15, 0.2) is 0 Å². The highest BCUT2D eigenvalue weighted by atomic mass is 35.5. The molecule has 0 atom stereocenters. The first-order valence-corrected chi connectivity index (χ1v) is 9.38. The normalized spacial score (nSPS) is 16.3. The summed E-state index contributed by atoms with van der Waals surface area (Å²) in [6.07, 6.45) is -0.278. The lowest BCUT2D eigenvalue weighted by Crippen LogP contribution is -2.48. The van der Waals surface area contributed by atoms with E-state index in [4.69, 9.17) is 11.6 Å². The van der Waals surface area contributed by atoms with Crippen molar-refractivity contribution in [2.45, 2.75) is 31.5 Å². The molecule has 1 saturated heterocycles. The van der Waals surface area contributed by atoms with Gasteiger partial charge in [-0.2, -0.15) is 0 Å². The Morgan fingerprint density at radius 3 is 2.48 bits per heavy atom. The third-order valence-electron chi connectivity index (χ3n) is 4.82. The average Bonchev–Trinajstić information content (AvgIpc) is 2.70. The van der Waals surface area contributed by atoms with E-state index < -0.39 is 17.9 Å². The number of halogens is 5. The minimum atomic E-state index is -2.63. The quantitative estimate of drug-likeness (QED) is 0.705. The number of alkyl halides is 3. The van der Waals surface area contributed by atoms with E-state index in [1.165, 1.54) is 17.0 Å². The maximum absolute atomic E-state index is 15.0. The van der Waals surface area contributed by atoms with Gasteiger partial charge in [-0.15, -0.1) is 0 Å². The Morgan fingerprint density at radius 1 is 1.24 bits per heavy atom. The number of amides is 1. The summed E-state index contributed by atoms with van der Waals surface area (Å²) in [6, 6.07) is 3.73. The molecule has 1 aliphatic rings. The molecule has 10 heteroatoms. The maximum atomic E-state index is 15.0. The molecule has 1 aliphatic heterocycles. The number of carbonyl (C=O) groups excluding carboxylic acids is 1. The number of likely N-dealkylation sites (tertiary alicyclic amines) is 1. The van der Waals surface area contributed by atoms with Crippen LogP contribution in [0.2, 0.25) is 5.02 Å². The van der Waals surface area contributed by atoms with E-state index in [0.717, 1.165) is 18.5 Å². The van der Waals surface area contributed by atoms with Crippen LogP contribution in [0, 0.1) is 5.82 Å². The van der Waals surface area contributed by atoms with Crippen LogP contribution >= 0.6 is 11.6 Å². The highest BCUT2D eigenvalue weighted by Crippen LogP contribution is 2.27. The van der Waals surface area contributed by atoms with Gasteiger partial charge in [0.2, 0.25) is 0 Å². The van der Waals surface area contributed by atoms with Gasteiger partial charge in [-0.25, -0.2) is 27.5 Å². The molecule has 1 fully saturated rings. The number of hydrogen-bond donors (Lipinski definition) is 1. The van der Waals surface area contributed by atoms with Gasteiger partial charge >= 0.3 is 0 Å². The standard InChI is InChI=1S/C19H19ClF4N4O/c20-14-7-12(1-2-15(14)21)18(29)28-5-3-19(24,4-6-28)11-25-10-16-26-8-13(9-27-16)17(22)23/h1-2,7-9,17,25H,3-6,10-11H2. The number of benzene rings is 1. The third kappa shape index (κ3) is 5.42. The first kappa shape index (κ1) is 21.4. The van der Waals surface area contributed by atoms with E-state index in [9.17, 15) is 22.4 Å². The van der Waals surface area contributed by atoms with Gasteiger partial charge in [0.25, 0.3) is 12.3 Å². The van der Waals surface area contributed by atoms with E-state index in [0.29, 0.717) is 5.82 Å². The first-order valence-electron chi connectivity index (χ1n) is 9.00. The van der Waals surface area contributed by atoms with Crippen LogP contribution in [0.3, 0.4) is 0 Å². The van der Waals surface area contributed by atoms with Crippen LogP contribution in [0.25, 0.3) is 0 Å². The molecular formula is C19H19ClF4N4O. The lowest BCUT2D eigenvalue weighted by atomic mass is 9.92. The molecule has 5 nitrogen and oxygen atoms in total. The number of aromatic nitrogens is 2. The molecule has 1 aromatic carbocycles. The van der Waals surface area contributed by atoms with Crippen LogP contribution in [0.1, 0.15) is 41.0 Å². The van der Waals surface area contributed by atoms with Crippen molar-refractivity contribution in [1.29, 1.82) is 0 Å². The molecule has 0 radical (unpaired) electrons. The number of carbonyl (C=O) groups is 1. The maximum Gasteiger partial charge on any atom is 0.266 e. The molecule has 0 aliphatic carbocycles. The van der Waals surface area contributed by atoms with Crippen LogP contribution in [0.5, 0.6) is 0 Å². The lowest BCUT2D eigenvalue weighted by Gasteiger charge is -2.36. The van der Waals surface area contributed by atoms with Crippen molar-refractivity contribution < 1.29 is 22.4 Å². The molecule has 156 valence electrons. The van der Waals surface area contributed by atoms with Crippen LogP contribution in [-0.2, 0) is 6.54 Å². The van der Waals surface area contributed by atoms with Crippen molar-refractivity contribution >= 4 is 17.5 Å². The van der Waals surface area contributed by atoms with E-state index in [2.05, 4.69) is 15.3 Å². The van der Waals surface area contributed by atoms with E-state index in [1.807, 2.05) is 0 Å². The molecule has 2 aromatic rings. The van der Waals surface area contributed by atoms with Crippen molar-refractivity contribution in [2.75, 3.05) is 19.6 Å². The largest absolute Gasteiger partial charge is 0.338 e. The second-order valence-corrected chi connectivity index (χ2v) is 7.32. The van der Waals surface area contributed by atoms with Crippen LogP contribution in [0.15, 0.2) is 30.6 Å². The van der Waals surface area contributed by atoms with Crippen molar-refractivity contribution in [2.24, 2.45) is 0 Å². The minimum Gasteiger partial charge on any atom is -0.338 e. The number of nitrogens with zero attached hydrogens (tertiary/aromatic N) is 3. The average molecular weight is 431 g/mol. The summed E-state index contributed by atoms with van der Waals surface area (Å²) in [7, 11) is 0. The third-order valence-corrected chi connectivity index (χ3v) is 5.11. The Balaban J connectivity index is 1.48. The van der Waals surface area contributed by atoms with Gasteiger partial charge in [0, 0.05) is 50.4 Å². The second-order valence-electron chi connectivity index (χ2n) is 6.91. The molecule has 1 aromatic heterocycles. The van der Waals surface area contributed by atoms with Crippen LogP contribution in [0.4, 0.5) is 17.6 Å². The molecule has 0 bridgehead atoms. The SMILES string of the molecule is O=C(c1ccc(F)c(Cl)c1)N1CCC(F)(CNCc2ncc(C(F)F)cn2)CC1. The summed E-state index contributed by atoms with van der Waals surface area (Å²) in [4.78, 5) is 21.6. The van der Waals surface area contributed by atoms with Crippen molar-refractivity contribution in [3.8, 4) is 0 Å². The monoisotopic (exact) mass is 430 g/mol. The summed E-state index contributed by atoms with van der Waals surface area (Å²) in [6.45, 7) is 0.598. The molecule has 3 rings (SSSR count). The predicted molar refractivity (Wildman–Crippen MR) is 99.1 cm³/mol. The van der Waals surface area contributed by atoms with E-state index in [-0.39, 0.29) is 61.1 Å². The summed E-state index contributed by atoms with van der Waals surface area (Å²) in [5.41, 5.74) is -1.53. The number of nitrogens with one attached hydrogen (secondary N) is 1. The Labute approximate surface area is 170 Å². The van der Waals surface area contributed by atoms with Gasteiger partial charge in [0.1, 0.15) is 17.3 Å². The molecule has 0 spiro atoms. The summed E-state index contributed by atoms with van der Waals surface area (Å²) in [5.74, 6) is -0.642. The highest BCUT2D eigenvalue weighted by Gasteiger charge is 2.36. The first-order chi connectivity index (χ1) is 13.8.